The minimum atomic E-state index is -0.460. The summed E-state index contributed by atoms with van der Waals surface area (Å²) in [6.07, 6.45) is 0.162. The predicted octanol–water partition coefficient (Wildman–Crippen LogP) is 1.86. The van der Waals surface area contributed by atoms with Gasteiger partial charge in [0.1, 0.15) is 5.75 Å². The molecule has 92 valence electrons. The Kier molecular flexibility index (Phi) is 4.02. The zero-order chi connectivity index (χ0) is 12.3. The van der Waals surface area contributed by atoms with Gasteiger partial charge in [-0.1, -0.05) is 15.9 Å². The molecule has 0 bridgehead atoms. The SMILES string of the molecule is CNCc1cc(OC2CCOC2=O)ccc1Br. The van der Waals surface area contributed by atoms with Crippen LogP contribution in [0, 0.1) is 0 Å². The molecule has 1 aromatic carbocycles. The molecule has 1 heterocycles. The Morgan fingerprint density at radius 1 is 1.59 bits per heavy atom. The number of hydrogen-bond donors (Lipinski definition) is 1. The number of carbonyl (C=O) groups excluding carboxylic acids is 1. The largest absolute Gasteiger partial charge is 0.479 e. The quantitative estimate of drug-likeness (QED) is 0.862. The van der Waals surface area contributed by atoms with Crippen molar-refractivity contribution in [2.24, 2.45) is 0 Å². The first-order valence-electron chi connectivity index (χ1n) is 5.47. The lowest BCUT2D eigenvalue weighted by Crippen LogP contribution is -2.21. The second kappa shape index (κ2) is 5.51. The van der Waals surface area contributed by atoms with Crippen molar-refractivity contribution in [2.75, 3.05) is 13.7 Å². The van der Waals surface area contributed by atoms with Gasteiger partial charge in [0.05, 0.1) is 6.61 Å². The molecular formula is C12H14BrNO3. The van der Waals surface area contributed by atoms with E-state index in [2.05, 4.69) is 21.2 Å². The minimum absolute atomic E-state index is 0.275. The van der Waals surface area contributed by atoms with Crippen molar-refractivity contribution in [3.05, 3.63) is 28.2 Å². The maximum Gasteiger partial charge on any atom is 0.347 e. The van der Waals surface area contributed by atoms with Crippen molar-refractivity contribution in [3.63, 3.8) is 0 Å². The molecule has 5 heteroatoms. The summed E-state index contributed by atoms with van der Waals surface area (Å²) in [5.41, 5.74) is 1.09. The van der Waals surface area contributed by atoms with Crippen molar-refractivity contribution < 1.29 is 14.3 Å². The van der Waals surface area contributed by atoms with Crippen LogP contribution in [0.4, 0.5) is 0 Å². The molecule has 2 rings (SSSR count). The fourth-order valence-electron chi connectivity index (χ4n) is 1.70. The molecule has 1 saturated heterocycles. The highest BCUT2D eigenvalue weighted by molar-refractivity contribution is 9.10. The third kappa shape index (κ3) is 2.98. The smallest absolute Gasteiger partial charge is 0.347 e. The van der Waals surface area contributed by atoms with E-state index in [1.165, 1.54) is 0 Å². The van der Waals surface area contributed by atoms with Gasteiger partial charge < -0.3 is 14.8 Å². The molecule has 0 aromatic heterocycles. The lowest BCUT2D eigenvalue weighted by molar-refractivity contribution is -0.143. The third-order valence-corrected chi connectivity index (χ3v) is 3.32. The van der Waals surface area contributed by atoms with Crippen LogP contribution in [0.5, 0.6) is 5.75 Å². The normalized spacial score (nSPS) is 19.2. The Morgan fingerprint density at radius 2 is 2.41 bits per heavy atom. The summed E-state index contributed by atoms with van der Waals surface area (Å²) in [5, 5.41) is 3.08. The fourth-order valence-corrected chi connectivity index (χ4v) is 2.09. The molecule has 0 amide bonds. The maximum absolute atomic E-state index is 11.3. The molecule has 1 aromatic rings. The van der Waals surface area contributed by atoms with Gasteiger partial charge in [0, 0.05) is 17.4 Å². The van der Waals surface area contributed by atoms with E-state index in [4.69, 9.17) is 9.47 Å². The molecule has 0 saturated carbocycles. The number of esters is 1. The van der Waals surface area contributed by atoms with Crippen LogP contribution in [0.15, 0.2) is 22.7 Å². The van der Waals surface area contributed by atoms with Gasteiger partial charge in [-0.15, -0.1) is 0 Å². The van der Waals surface area contributed by atoms with Crippen molar-refractivity contribution in [2.45, 2.75) is 19.1 Å². The molecular weight excluding hydrogens is 286 g/mol. The number of benzene rings is 1. The van der Waals surface area contributed by atoms with Crippen LogP contribution in [0.2, 0.25) is 0 Å². The predicted molar refractivity (Wildman–Crippen MR) is 66.9 cm³/mol. The first-order chi connectivity index (χ1) is 8.20. The van der Waals surface area contributed by atoms with Crippen LogP contribution in [-0.2, 0) is 16.1 Å². The van der Waals surface area contributed by atoms with Gasteiger partial charge in [0.15, 0.2) is 6.10 Å². The number of cyclic esters (lactones) is 1. The monoisotopic (exact) mass is 299 g/mol. The Morgan fingerprint density at radius 3 is 3.06 bits per heavy atom. The minimum Gasteiger partial charge on any atom is -0.479 e. The second-order valence-corrected chi connectivity index (χ2v) is 4.70. The van der Waals surface area contributed by atoms with Gasteiger partial charge >= 0.3 is 5.97 Å². The average molecular weight is 300 g/mol. The summed E-state index contributed by atoms with van der Waals surface area (Å²) in [6.45, 7) is 1.19. The first-order valence-corrected chi connectivity index (χ1v) is 6.26. The Labute approximate surface area is 108 Å². The van der Waals surface area contributed by atoms with Crippen LogP contribution < -0.4 is 10.1 Å². The third-order valence-electron chi connectivity index (χ3n) is 2.55. The Bertz CT molecular complexity index is 422. The van der Waals surface area contributed by atoms with Crippen molar-refractivity contribution in [3.8, 4) is 5.75 Å². The number of ether oxygens (including phenoxy) is 2. The van der Waals surface area contributed by atoms with Crippen LogP contribution >= 0.6 is 15.9 Å². The van der Waals surface area contributed by atoms with Crippen molar-refractivity contribution in [1.82, 2.24) is 5.32 Å². The van der Waals surface area contributed by atoms with E-state index in [0.29, 0.717) is 18.8 Å². The Balaban J connectivity index is 2.10. The van der Waals surface area contributed by atoms with Crippen LogP contribution in [0.3, 0.4) is 0 Å². The van der Waals surface area contributed by atoms with E-state index in [1.807, 2.05) is 25.2 Å². The number of carbonyl (C=O) groups is 1. The van der Waals surface area contributed by atoms with Crippen LogP contribution in [0.1, 0.15) is 12.0 Å². The summed E-state index contributed by atoms with van der Waals surface area (Å²) in [4.78, 5) is 11.3. The standard InChI is InChI=1S/C12H14BrNO3/c1-14-7-8-6-9(2-3-10(8)13)17-11-4-5-16-12(11)15/h2-3,6,11,14H,4-5,7H2,1H3. The number of nitrogens with one attached hydrogen (secondary N) is 1. The van der Waals surface area contributed by atoms with Crippen LogP contribution in [-0.4, -0.2) is 25.7 Å². The van der Waals surface area contributed by atoms with Gasteiger partial charge in [0.25, 0.3) is 0 Å². The van der Waals surface area contributed by atoms with Crippen molar-refractivity contribution in [1.29, 1.82) is 0 Å². The zero-order valence-corrected chi connectivity index (χ0v) is 11.1. The molecule has 4 nitrogen and oxygen atoms in total. The van der Waals surface area contributed by atoms with Crippen LogP contribution in [0.25, 0.3) is 0 Å². The number of hydrogen-bond acceptors (Lipinski definition) is 4. The number of rotatable bonds is 4. The first kappa shape index (κ1) is 12.4. The molecule has 1 N–H and O–H groups in total. The molecule has 1 aliphatic heterocycles. The highest BCUT2D eigenvalue weighted by atomic mass is 79.9. The second-order valence-electron chi connectivity index (χ2n) is 3.85. The molecule has 0 spiro atoms. The lowest BCUT2D eigenvalue weighted by Gasteiger charge is -2.12. The van der Waals surface area contributed by atoms with E-state index in [9.17, 15) is 4.79 Å². The van der Waals surface area contributed by atoms with E-state index >= 15 is 0 Å². The van der Waals surface area contributed by atoms with E-state index in [1.54, 1.807) is 0 Å². The molecule has 1 unspecified atom stereocenters. The summed E-state index contributed by atoms with van der Waals surface area (Å²) < 4.78 is 11.5. The summed E-state index contributed by atoms with van der Waals surface area (Å²) >= 11 is 3.47. The molecule has 1 aliphatic rings. The van der Waals surface area contributed by atoms with E-state index in [-0.39, 0.29) is 5.97 Å². The van der Waals surface area contributed by atoms with Gasteiger partial charge in [0.2, 0.25) is 0 Å². The van der Waals surface area contributed by atoms with Gasteiger partial charge in [-0.05, 0) is 30.8 Å². The average Bonchev–Trinajstić information content (AvgIpc) is 2.70. The number of halogens is 1. The molecule has 0 aliphatic carbocycles. The van der Waals surface area contributed by atoms with E-state index < -0.39 is 6.10 Å². The summed E-state index contributed by atoms with van der Waals surface area (Å²) in [5.74, 6) is 0.422. The highest BCUT2D eigenvalue weighted by Gasteiger charge is 2.28. The summed E-state index contributed by atoms with van der Waals surface area (Å²) in [6, 6.07) is 5.68. The van der Waals surface area contributed by atoms with Gasteiger partial charge in [-0.3, -0.25) is 0 Å². The van der Waals surface area contributed by atoms with Gasteiger partial charge in [-0.2, -0.15) is 0 Å². The maximum atomic E-state index is 11.3. The Hall–Kier alpha value is -1.07. The topological polar surface area (TPSA) is 47.6 Å². The molecule has 17 heavy (non-hydrogen) atoms. The van der Waals surface area contributed by atoms with Crippen molar-refractivity contribution >= 4 is 21.9 Å². The molecule has 1 fully saturated rings. The van der Waals surface area contributed by atoms with Gasteiger partial charge in [-0.25, -0.2) is 4.79 Å². The highest BCUT2D eigenvalue weighted by Crippen LogP contribution is 2.24. The van der Waals surface area contributed by atoms with E-state index in [0.717, 1.165) is 16.6 Å². The molecule has 1 atom stereocenters. The molecule has 0 radical (unpaired) electrons. The lowest BCUT2D eigenvalue weighted by atomic mass is 10.2. The fraction of sp³-hybridized carbons (Fsp3) is 0.417. The summed E-state index contributed by atoms with van der Waals surface area (Å²) in [7, 11) is 1.88. The zero-order valence-electron chi connectivity index (χ0n) is 9.53.